The third kappa shape index (κ3) is 8.81. The molecule has 2 rings (SSSR count). The Morgan fingerprint density at radius 1 is 1.00 bits per heavy atom. The maximum atomic E-state index is 12.2. The smallest absolute Gasteiger partial charge is 0.408 e. The fourth-order valence-corrected chi connectivity index (χ4v) is 3.56. The summed E-state index contributed by atoms with van der Waals surface area (Å²) in [5, 5.41) is 23.4. The lowest BCUT2D eigenvalue weighted by Gasteiger charge is -2.42. The number of carbonyl (C=O) groups is 4. The minimum absolute atomic E-state index is 0.00737. The van der Waals surface area contributed by atoms with Crippen molar-refractivity contribution in [3.8, 4) is 0 Å². The van der Waals surface area contributed by atoms with Crippen molar-refractivity contribution in [2.75, 3.05) is 13.7 Å². The van der Waals surface area contributed by atoms with E-state index < -0.39 is 60.6 Å². The molecule has 1 aromatic rings. The highest BCUT2D eigenvalue weighted by Crippen LogP contribution is 2.27. The van der Waals surface area contributed by atoms with E-state index in [9.17, 15) is 29.4 Å². The van der Waals surface area contributed by atoms with Crippen LogP contribution in [0, 0.1) is 0 Å². The molecular formula is C23H31NO11. The molecule has 35 heavy (non-hydrogen) atoms. The van der Waals surface area contributed by atoms with Gasteiger partial charge >= 0.3 is 24.0 Å². The van der Waals surface area contributed by atoms with Crippen LogP contribution >= 0.6 is 0 Å². The van der Waals surface area contributed by atoms with Gasteiger partial charge in [0, 0.05) is 13.8 Å². The van der Waals surface area contributed by atoms with Gasteiger partial charge in [-0.15, -0.1) is 0 Å². The van der Waals surface area contributed by atoms with Crippen molar-refractivity contribution in [1.82, 2.24) is 5.32 Å². The maximum absolute atomic E-state index is 12.2. The van der Waals surface area contributed by atoms with E-state index in [1.54, 1.807) is 24.3 Å². The zero-order valence-electron chi connectivity index (χ0n) is 19.7. The predicted molar refractivity (Wildman–Crippen MR) is 118 cm³/mol. The van der Waals surface area contributed by atoms with Gasteiger partial charge in [-0.05, 0) is 18.4 Å². The molecule has 1 amide bonds. The number of methoxy groups -OCH3 is 1. The summed E-state index contributed by atoms with van der Waals surface area (Å²) in [7, 11) is 1.15. The summed E-state index contributed by atoms with van der Waals surface area (Å²) in [5.74, 6) is -2.09. The van der Waals surface area contributed by atoms with Crippen LogP contribution < -0.4 is 5.32 Å². The number of rotatable bonds is 10. The molecule has 0 saturated carbocycles. The molecule has 0 spiro atoms. The molecule has 6 atom stereocenters. The highest BCUT2D eigenvalue weighted by atomic mass is 16.6. The van der Waals surface area contributed by atoms with Crippen molar-refractivity contribution in [3.05, 3.63) is 35.9 Å². The molecule has 0 bridgehead atoms. The predicted octanol–water partition coefficient (Wildman–Crippen LogP) is 0.219. The van der Waals surface area contributed by atoms with E-state index in [2.05, 4.69) is 5.32 Å². The van der Waals surface area contributed by atoms with Crippen molar-refractivity contribution < 1.29 is 53.1 Å². The highest BCUT2D eigenvalue weighted by molar-refractivity contribution is 5.81. The lowest BCUT2D eigenvalue weighted by molar-refractivity contribution is -0.241. The average molecular weight is 497 g/mol. The monoisotopic (exact) mass is 497 g/mol. The summed E-state index contributed by atoms with van der Waals surface area (Å²) in [6.07, 6.45) is -7.31. The Hall–Kier alpha value is -3.22. The Bertz CT molecular complexity index is 862. The minimum Gasteiger partial charge on any atom is -0.467 e. The number of alkyl carbamates (subject to hydrolysis) is 1. The van der Waals surface area contributed by atoms with E-state index in [1.165, 1.54) is 6.92 Å². The first-order chi connectivity index (χ1) is 16.6. The molecule has 3 N–H and O–H groups in total. The van der Waals surface area contributed by atoms with Crippen LogP contribution in [0.5, 0.6) is 0 Å². The number of aliphatic hydroxyl groups is 2. The first kappa shape index (κ1) is 28.0. The van der Waals surface area contributed by atoms with Crippen molar-refractivity contribution in [3.63, 3.8) is 0 Å². The molecule has 0 aromatic heterocycles. The van der Waals surface area contributed by atoms with Crippen LogP contribution in [0.3, 0.4) is 0 Å². The molecule has 1 aromatic carbocycles. The van der Waals surface area contributed by atoms with Crippen LogP contribution in [0.2, 0.25) is 0 Å². The average Bonchev–Trinajstić information content (AvgIpc) is 2.83. The lowest BCUT2D eigenvalue weighted by atomic mass is 9.91. The van der Waals surface area contributed by atoms with Crippen molar-refractivity contribution >= 4 is 24.0 Å². The minimum atomic E-state index is -1.54. The Morgan fingerprint density at radius 2 is 1.69 bits per heavy atom. The molecule has 0 radical (unpaired) electrons. The fraction of sp³-hybridized carbons (Fsp3) is 0.565. The Balaban J connectivity index is 2.01. The molecular weight excluding hydrogens is 466 g/mol. The van der Waals surface area contributed by atoms with E-state index in [4.69, 9.17) is 23.7 Å². The van der Waals surface area contributed by atoms with Gasteiger partial charge in [-0.2, -0.15) is 0 Å². The number of carbonyl (C=O) groups excluding carboxylic acids is 4. The third-order valence-electron chi connectivity index (χ3n) is 5.27. The highest BCUT2D eigenvalue weighted by Gasteiger charge is 2.47. The van der Waals surface area contributed by atoms with E-state index in [0.29, 0.717) is 0 Å². The quantitative estimate of drug-likeness (QED) is 0.299. The molecule has 1 aliphatic heterocycles. The first-order valence-corrected chi connectivity index (χ1v) is 11.0. The largest absolute Gasteiger partial charge is 0.467 e. The van der Waals surface area contributed by atoms with Gasteiger partial charge in [0.1, 0.15) is 37.6 Å². The van der Waals surface area contributed by atoms with E-state index in [-0.39, 0.29) is 26.1 Å². The number of esters is 3. The Kier molecular flexibility index (Phi) is 10.9. The summed E-state index contributed by atoms with van der Waals surface area (Å²) in [5.41, 5.74) is 0.756. The SMILES string of the molecule is COC(=O)[C@H](CC[C@@H]1O[C@H](COC(C)=O)[C@@H](OC(C)=O)[C@H](O)[C@@H]1O)NC(=O)OCc1ccccc1. The van der Waals surface area contributed by atoms with Crippen molar-refractivity contribution in [2.45, 2.75) is 69.9 Å². The van der Waals surface area contributed by atoms with Crippen LogP contribution in [0.4, 0.5) is 4.79 Å². The molecule has 1 saturated heterocycles. The fourth-order valence-electron chi connectivity index (χ4n) is 3.56. The molecule has 12 heteroatoms. The summed E-state index contributed by atoms with van der Waals surface area (Å²) in [6.45, 7) is 1.96. The van der Waals surface area contributed by atoms with Crippen molar-refractivity contribution in [1.29, 1.82) is 0 Å². The molecule has 0 unspecified atom stereocenters. The number of nitrogens with one attached hydrogen (secondary N) is 1. The van der Waals surface area contributed by atoms with Gasteiger partial charge in [0.2, 0.25) is 0 Å². The van der Waals surface area contributed by atoms with Crippen LogP contribution in [-0.4, -0.2) is 84.5 Å². The van der Waals surface area contributed by atoms with Gasteiger partial charge in [0.05, 0.1) is 13.2 Å². The molecule has 1 aliphatic rings. The standard InChI is InChI=1S/C23H31NO11/c1-13(25)32-12-18-21(34-14(2)26)20(28)19(27)17(35-18)10-9-16(22(29)31-3)24-23(30)33-11-15-7-5-4-6-8-15/h4-8,16-21,27-28H,9-12H2,1-3H3,(H,24,30)/t16-,17-,18+,19+,20+,21+/m0/s1. The van der Waals surface area contributed by atoms with Crippen LogP contribution in [0.15, 0.2) is 30.3 Å². The number of hydrogen-bond donors (Lipinski definition) is 3. The topological polar surface area (TPSA) is 167 Å². The van der Waals surface area contributed by atoms with Crippen molar-refractivity contribution in [2.24, 2.45) is 0 Å². The number of aliphatic hydroxyl groups excluding tert-OH is 2. The third-order valence-corrected chi connectivity index (χ3v) is 5.27. The van der Waals surface area contributed by atoms with E-state index in [0.717, 1.165) is 19.6 Å². The first-order valence-electron chi connectivity index (χ1n) is 11.0. The molecule has 194 valence electrons. The van der Waals surface area contributed by atoms with Crippen LogP contribution in [0.1, 0.15) is 32.3 Å². The second kappa shape index (κ2) is 13.6. The lowest BCUT2D eigenvalue weighted by Crippen LogP contribution is -2.60. The summed E-state index contributed by atoms with van der Waals surface area (Å²) < 4.78 is 25.6. The zero-order valence-corrected chi connectivity index (χ0v) is 19.7. The van der Waals surface area contributed by atoms with Gasteiger partial charge in [-0.25, -0.2) is 9.59 Å². The van der Waals surface area contributed by atoms with Crippen LogP contribution in [0.25, 0.3) is 0 Å². The number of ether oxygens (including phenoxy) is 5. The molecule has 0 aliphatic carbocycles. The maximum Gasteiger partial charge on any atom is 0.408 e. The second-order valence-corrected chi connectivity index (χ2v) is 7.93. The zero-order chi connectivity index (χ0) is 26.0. The van der Waals surface area contributed by atoms with Gasteiger partial charge in [0.25, 0.3) is 0 Å². The number of benzene rings is 1. The van der Waals surface area contributed by atoms with Gasteiger partial charge < -0.3 is 39.2 Å². The van der Waals surface area contributed by atoms with Gasteiger partial charge in [0.15, 0.2) is 6.10 Å². The molecule has 1 fully saturated rings. The number of amides is 1. The number of hydrogen-bond acceptors (Lipinski definition) is 11. The summed E-state index contributed by atoms with van der Waals surface area (Å²) in [6, 6.07) is 7.81. The van der Waals surface area contributed by atoms with Crippen LogP contribution in [-0.2, 0) is 44.7 Å². The van der Waals surface area contributed by atoms with Gasteiger partial charge in [-0.3, -0.25) is 9.59 Å². The molecule has 1 heterocycles. The summed E-state index contributed by atoms with van der Waals surface area (Å²) >= 11 is 0. The van der Waals surface area contributed by atoms with E-state index in [1.807, 2.05) is 6.07 Å². The van der Waals surface area contributed by atoms with E-state index >= 15 is 0 Å². The summed E-state index contributed by atoms with van der Waals surface area (Å²) in [4.78, 5) is 47.0. The molecule has 12 nitrogen and oxygen atoms in total. The Labute approximate surface area is 202 Å². The second-order valence-electron chi connectivity index (χ2n) is 7.93. The van der Waals surface area contributed by atoms with Gasteiger partial charge in [-0.1, -0.05) is 30.3 Å². The normalized spacial score (nSPS) is 24.5. The Morgan fingerprint density at radius 3 is 2.29 bits per heavy atom.